The van der Waals surface area contributed by atoms with Crippen molar-refractivity contribution in [2.24, 2.45) is 5.92 Å². The molecular weight excluding hydrogens is 306 g/mol. The van der Waals surface area contributed by atoms with Gasteiger partial charge < -0.3 is 9.64 Å². The second-order valence-electron chi connectivity index (χ2n) is 5.79. The van der Waals surface area contributed by atoms with Gasteiger partial charge in [-0.2, -0.15) is 0 Å². The lowest BCUT2D eigenvalue weighted by Gasteiger charge is -2.21. The van der Waals surface area contributed by atoms with Gasteiger partial charge in [0.25, 0.3) is 5.91 Å². The molecule has 0 fully saturated rings. The quantitative estimate of drug-likeness (QED) is 0.662. The van der Waals surface area contributed by atoms with E-state index >= 15 is 0 Å². The van der Waals surface area contributed by atoms with E-state index in [-0.39, 0.29) is 5.91 Å². The molecule has 1 aromatic carbocycles. The summed E-state index contributed by atoms with van der Waals surface area (Å²) >= 11 is 1.65. The van der Waals surface area contributed by atoms with Gasteiger partial charge in [0.2, 0.25) is 0 Å². The summed E-state index contributed by atoms with van der Waals surface area (Å²) in [5.74, 6) is 1.18. The Kier molecular flexibility index (Phi) is 6.41. The zero-order valence-corrected chi connectivity index (χ0v) is 14.5. The molecule has 0 saturated heterocycles. The van der Waals surface area contributed by atoms with Crippen molar-refractivity contribution in [2.45, 2.75) is 20.4 Å². The van der Waals surface area contributed by atoms with Crippen molar-refractivity contribution in [3.63, 3.8) is 0 Å². The molecular formula is C19H23NO2S. The van der Waals surface area contributed by atoms with Crippen LogP contribution in [0.15, 0.2) is 54.4 Å². The average molecular weight is 329 g/mol. The van der Waals surface area contributed by atoms with Crippen LogP contribution in [0, 0.1) is 5.92 Å². The molecule has 0 spiro atoms. The Balaban J connectivity index is 2.12. The Morgan fingerprint density at radius 3 is 2.83 bits per heavy atom. The van der Waals surface area contributed by atoms with Crippen LogP contribution in [0.5, 0.6) is 5.75 Å². The first-order valence-corrected chi connectivity index (χ1v) is 8.63. The van der Waals surface area contributed by atoms with Crippen LogP contribution in [0.2, 0.25) is 0 Å². The van der Waals surface area contributed by atoms with E-state index in [0.29, 0.717) is 31.2 Å². The summed E-state index contributed by atoms with van der Waals surface area (Å²) in [6.07, 6.45) is 1.75. The van der Waals surface area contributed by atoms with Gasteiger partial charge in [0, 0.05) is 17.0 Å². The summed E-state index contributed by atoms with van der Waals surface area (Å²) in [5.41, 5.74) is 0.643. The maximum Gasteiger partial charge on any atom is 0.254 e. The zero-order valence-electron chi connectivity index (χ0n) is 13.7. The molecule has 0 saturated carbocycles. The van der Waals surface area contributed by atoms with Gasteiger partial charge in [0.05, 0.1) is 13.2 Å². The molecule has 2 aromatic rings. The van der Waals surface area contributed by atoms with E-state index in [2.05, 4.69) is 20.4 Å². The van der Waals surface area contributed by atoms with Crippen LogP contribution in [0.3, 0.4) is 0 Å². The van der Waals surface area contributed by atoms with Gasteiger partial charge in [-0.3, -0.25) is 4.79 Å². The van der Waals surface area contributed by atoms with E-state index < -0.39 is 0 Å². The molecule has 0 unspecified atom stereocenters. The molecule has 0 N–H and O–H groups in total. The number of carbonyl (C=O) groups excluding carboxylic acids is 1. The third-order valence-corrected chi connectivity index (χ3v) is 4.09. The summed E-state index contributed by atoms with van der Waals surface area (Å²) < 4.78 is 5.72. The second kappa shape index (κ2) is 8.53. The van der Waals surface area contributed by atoms with Crippen LogP contribution in [-0.2, 0) is 6.54 Å². The average Bonchev–Trinajstić information content (AvgIpc) is 3.05. The van der Waals surface area contributed by atoms with E-state index in [9.17, 15) is 4.79 Å². The molecule has 0 bridgehead atoms. The molecule has 1 amide bonds. The van der Waals surface area contributed by atoms with Crippen molar-refractivity contribution in [3.05, 3.63) is 64.9 Å². The number of rotatable bonds is 8. The lowest BCUT2D eigenvalue weighted by molar-refractivity contribution is 0.0763. The van der Waals surface area contributed by atoms with Gasteiger partial charge >= 0.3 is 0 Å². The molecule has 4 heteroatoms. The molecule has 0 aliphatic rings. The number of ether oxygens (including phenoxy) is 1. The maximum atomic E-state index is 12.8. The fourth-order valence-corrected chi connectivity index (χ4v) is 2.85. The Labute approximate surface area is 142 Å². The van der Waals surface area contributed by atoms with E-state index in [1.54, 1.807) is 22.3 Å². The number of amides is 1. The van der Waals surface area contributed by atoms with Gasteiger partial charge in [-0.15, -0.1) is 17.9 Å². The van der Waals surface area contributed by atoms with Crippen LogP contribution in [0.4, 0.5) is 0 Å². The molecule has 23 heavy (non-hydrogen) atoms. The summed E-state index contributed by atoms with van der Waals surface area (Å²) in [6.45, 7) is 9.72. The van der Waals surface area contributed by atoms with Crippen molar-refractivity contribution in [2.75, 3.05) is 13.2 Å². The predicted molar refractivity (Wildman–Crippen MR) is 96.0 cm³/mol. The van der Waals surface area contributed by atoms with Crippen LogP contribution in [0.1, 0.15) is 29.1 Å². The van der Waals surface area contributed by atoms with Gasteiger partial charge in [-0.1, -0.05) is 32.1 Å². The van der Waals surface area contributed by atoms with Crippen LogP contribution in [0.25, 0.3) is 0 Å². The van der Waals surface area contributed by atoms with Crippen LogP contribution in [-0.4, -0.2) is 24.0 Å². The number of hydrogen-bond donors (Lipinski definition) is 0. The standard InChI is InChI=1S/C19H23NO2S/c1-4-10-20(13-18-9-6-11-23-18)19(21)16-7-5-8-17(12-16)22-14-15(2)3/h4-9,11-12,15H,1,10,13-14H2,2-3H3. The Hall–Kier alpha value is -2.07. The smallest absolute Gasteiger partial charge is 0.254 e. The lowest BCUT2D eigenvalue weighted by atomic mass is 10.1. The number of nitrogens with zero attached hydrogens (tertiary/aromatic N) is 1. The van der Waals surface area contributed by atoms with Crippen molar-refractivity contribution < 1.29 is 9.53 Å². The van der Waals surface area contributed by atoms with Crippen LogP contribution >= 0.6 is 11.3 Å². The SMILES string of the molecule is C=CCN(Cc1cccs1)C(=O)c1cccc(OCC(C)C)c1. The van der Waals surface area contributed by atoms with Crippen molar-refractivity contribution in [1.82, 2.24) is 4.90 Å². The highest BCUT2D eigenvalue weighted by Crippen LogP contribution is 2.18. The summed E-state index contributed by atoms with van der Waals surface area (Å²) in [6, 6.07) is 11.4. The van der Waals surface area contributed by atoms with Gasteiger partial charge in [-0.05, 0) is 35.6 Å². The highest BCUT2D eigenvalue weighted by Gasteiger charge is 2.16. The third kappa shape index (κ3) is 5.25. The Bertz CT molecular complexity index is 635. The number of carbonyl (C=O) groups is 1. The van der Waals surface area contributed by atoms with Crippen LogP contribution < -0.4 is 4.74 Å². The van der Waals surface area contributed by atoms with E-state index in [0.717, 1.165) is 10.6 Å². The number of benzene rings is 1. The molecule has 1 heterocycles. The van der Waals surface area contributed by atoms with Gasteiger partial charge in [-0.25, -0.2) is 0 Å². The highest BCUT2D eigenvalue weighted by molar-refractivity contribution is 7.09. The summed E-state index contributed by atoms with van der Waals surface area (Å²) in [4.78, 5) is 15.7. The maximum absolute atomic E-state index is 12.8. The number of hydrogen-bond acceptors (Lipinski definition) is 3. The molecule has 3 nitrogen and oxygen atoms in total. The molecule has 0 aliphatic heterocycles. The van der Waals surface area contributed by atoms with Gasteiger partial charge in [0.1, 0.15) is 5.75 Å². The molecule has 122 valence electrons. The highest BCUT2D eigenvalue weighted by atomic mass is 32.1. The van der Waals surface area contributed by atoms with E-state index in [4.69, 9.17) is 4.74 Å². The first-order chi connectivity index (χ1) is 11.1. The van der Waals surface area contributed by atoms with E-state index in [1.165, 1.54) is 0 Å². The fraction of sp³-hybridized carbons (Fsp3) is 0.316. The predicted octanol–water partition coefficient (Wildman–Crippen LogP) is 4.61. The molecule has 0 aliphatic carbocycles. The first-order valence-electron chi connectivity index (χ1n) is 7.75. The minimum absolute atomic E-state index is 0.00621. The minimum atomic E-state index is -0.00621. The molecule has 0 atom stereocenters. The monoisotopic (exact) mass is 329 g/mol. The van der Waals surface area contributed by atoms with Gasteiger partial charge in [0.15, 0.2) is 0 Å². The molecule has 2 rings (SSSR count). The summed E-state index contributed by atoms with van der Waals surface area (Å²) in [7, 11) is 0. The van der Waals surface area contributed by atoms with E-state index in [1.807, 2.05) is 41.8 Å². The molecule has 1 aromatic heterocycles. The Morgan fingerprint density at radius 1 is 1.35 bits per heavy atom. The zero-order chi connectivity index (χ0) is 16.7. The van der Waals surface area contributed by atoms with Crippen molar-refractivity contribution >= 4 is 17.2 Å². The topological polar surface area (TPSA) is 29.5 Å². The normalized spacial score (nSPS) is 10.6. The van der Waals surface area contributed by atoms with Crippen molar-refractivity contribution in [1.29, 1.82) is 0 Å². The first kappa shape index (κ1) is 17.3. The lowest BCUT2D eigenvalue weighted by Crippen LogP contribution is -2.30. The second-order valence-corrected chi connectivity index (χ2v) is 6.82. The fourth-order valence-electron chi connectivity index (χ4n) is 2.13. The number of thiophene rings is 1. The minimum Gasteiger partial charge on any atom is -0.493 e. The Morgan fingerprint density at radius 2 is 2.17 bits per heavy atom. The third-order valence-electron chi connectivity index (χ3n) is 3.23. The largest absolute Gasteiger partial charge is 0.493 e. The molecule has 0 radical (unpaired) electrons. The summed E-state index contributed by atoms with van der Waals surface area (Å²) in [5, 5.41) is 2.02. The van der Waals surface area contributed by atoms with Crippen molar-refractivity contribution in [3.8, 4) is 5.75 Å².